The van der Waals surface area contributed by atoms with Crippen LogP contribution >= 0.6 is 0 Å². The molecular weight excluding hydrogens is 326 g/mol. The minimum absolute atomic E-state index is 0.360. The summed E-state index contributed by atoms with van der Waals surface area (Å²) in [6.45, 7) is 3.07. The smallest absolute Gasteiger partial charge is 0.282 e. The van der Waals surface area contributed by atoms with Gasteiger partial charge in [-0.1, -0.05) is 30.3 Å². The summed E-state index contributed by atoms with van der Waals surface area (Å²) in [5, 5.41) is 6.12. The second-order valence-corrected chi connectivity index (χ2v) is 5.36. The summed E-state index contributed by atoms with van der Waals surface area (Å²) < 4.78 is 52.1. The molecule has 1 N–H and O–H groups in total. The van der Waals surface area contributed by atoms with E-state index in [0.717, 1.165) is 5.56 Å². The summed E-state index contributed by atoms with van der Waals surface area (Å²) in [6, 6.07) is 8.17. The molecule has 0 aliphatic heterocycles. The zero-order valence-corrected chi connectivity index (χ0v) is 13.1. The number of rotatable bonds is 6. The average Bonchev–Trinajstić information content (AvgIpc) is 3.00. The molecule has 0 bridgehead atoms. The molecule has 0 fully saturated rings. The third kappa shape index (κ3) is 3.93. The fraction of sp³-hybridized carbons (Fsp3) is 0.375. The molecule has 0 aliphatic carbocycles. The average molecular weight is 343 g/mol. The number of aromatic nitrogens is 2. The van der Waals surface area contributed by atoms with Crippen LogP contribution in [0.15, 0.2) is 36.4 Å². The van der Waals surface area contributed by atoms with Crippen LogP contribution in [0, 0.1) is 0 Å². The Hall–Kier alpha value is -2.38. The van der Waals surface area contributed by atoms with E-state index in [1.165, 1.54) is 6.92 Å². The lowest BCUT2D eigenvalue weighted by molar-refractivity contribution is -0.125. The van der Waals surface area contributed by atoms with Crippen LogP contribution in [0.3, 0.4) is 0 Å². The van der Waals surface area contributed by atoms with E-state index in [0.29, 0.717) is 10.7 Å². The minimum atomic E-state index is -3.01. The van der Waals surface area contributed by atoms with Gasteiger partial charge in [-0.2, -0.15) is 5.10 Å². The summed E-state index contributed by atoms with van der Waals surface area (Å²) in [5.74, 6) is -0.586. The van der Waals surface area contributed by atoms with Gasteiger partial charge in [0, 0.05) is 0 Å². The fourth-order valence-corrected chi connectivity index (χ4v) is 2.28. The maximum atomic E-state index is 13.0. The van der Waals surface area contributed by atoms with Gasteiger partial charge < -0.3 is 5.32 Å². The van der Waals surface area contributed by atoms with Crippen LogP contribution in [0.25, 0.3) is 0 Å². The Balaban J connectivity index is 2.18. The van der Waals surface area contributed by atoms with Gasteiger partial charge >= 0.3 is 0 Å². The van der Waals surface area contributed by atoms with Crippen molar-refractivity contribution < 1.29 is 22.4 Å². The van der Waals surface area contributed by atoms with E-state index in [1.807, 2.05) is 18.2 Å². The third-order valence-corrected chi connectivity index (χ3v) is 3.64. The van der Waals surface area contributed by atoms with Gasteiger partial charge in [-0.05, 0) is 25.5 Å². The Morgan fingerprint density at radius 2 is 1.71 bits per heavy atom. The monoisotopic (exact) mass is 343 g/mol. The van der Waals surface area contributed by atoms with E-state index in [2.05, 4.69) is 10.4 Å². The molecule has 0 saturated carbocycles. The van der Waals surface area contributed by atoms with Gasteiger partial charge in [-0.3, -0.25) is 9.48 Å². The van der Waals surface area contributed by atoms with Gasteiger partial charge in [0.1, 0.15) is 17.4 Å². The highest BCUT2D eigenvalue weighted by atomic mass is 19.3. The molecule has 0 radical (unpaired) electrons. The summed E-state index contributed by atoms with van der Waals surface area (Å²) in [5.41, 5.74) is -0.651. The molecule has 0 saturated heterocycles. The number of benzene rings is 1. The minimum Gasteiger partial charge on any atom is -0.348 e. The van der Waals surface area contributed by atoms with Crippen LogP contribution in [-0.2, 0) is 4.79 Å². The second-order valence-electron chi connectivity index (χ2n) is 5.36. The summed E-state index contributed by atoms with van der Waals surface area (Å²) >= 11 is 0. The summed E-state index contributed by atoms with van der Waals surface area (Å²) in [6.07, 6.45) is -5.99. The Bertz CT molecular complexity index is 688. The molecule has 130 valence electrons. The second kappa shape index (κ2) is 7.46. The molecule has 24 heavy (non-hydrogen) atoms. The van der Waals surface area contributed by atoms with Crippen LogP contribution in [0.5, 0.6) is 0 Å². The largest absolute Gasteiger partial charge is 0.348 e. The topological polar surface area (TPSA) is 46.9 Å². The maximum absolute atomic E-state index is 13.0. The maximum Gasteiger partial charge on any atom is 0.282 e. The predicted octanol–water partition coefficient (Wildman–Crippen LogP) is 4.20. The molecule has 8 heteroatoms. The highest BCUT2D eigenvalue weighted by molar-refractivity contribution is 5.80. The van der Waals surface area contributed by atoms with Crippen molar-refractivity contribution >= 4 is 5.91 Å². The van der Waals surface area contributed by atoms with Gasteiger partial charge in [0.05, 0.1) is 6.04 Å². The Morgan fingerprint density at radius 3 is 2.25 bits per heavy atom. The zero-order chi connectivity index (χ0) is 17.9. The summed E-state index contributed by atoms with van der Waals surface area (Å²) in [7, 11) is 0. The van der Waals surface area contributed by atoms with Crippen LogP contribution in [0.1, 0.15) is 55.7 Å². The highest BCUT2D eigenvalue weighted by Gasteiger charge is 2.27. The van der Waals surface area contributed by atoms with E-state index < -0.39 is 36.2 Å². The molecule has 1 aromatic carbocycles. The number of amides is 1. The zero-order valence-electron chi connectivity index (χ0n) is 13.1. The van der Waals surface area contributed by atoms with Crippen LogP contribution in [-0.4, -0.2) is 15.7 Å². The first kappa shape index (κ1) is 18.0. The number of nitrogens with zero attached hydrogens (tertiary/aromatic N) is 2. The third-order valence-electron chi connectivity index (χ3n) is 3.64. The number of hydrogen-bond acceptors (Lipinski definition) is 2. The van der Waals surface area contributed by atoms with E-state index >= 15 is 0 Å². The van der Waals surface area contributed by atoms with E-state index in [9.17, 15) is 22.4 Å². The number of halogens is 4. The molecule has 1 aromatic heterocycles. The molecule has 2 aromatic rings. The van der Waals surface area contributed by atoms with Gasteiger partial charge in [0.15, 0.2) is 0 Å². The molecule has 2 unspecified atom stereocenters. The van der Waals surface area contributed by atoms with E-state index in [-0.39, 0.29) is 6.04 Å². The van der Waals surface area contributed by atoms with Crippen LogP contribution in [0.4, 0.5) is 17.6 Å². The Labute approximate surface area is 136 Å². The van der Waals surface area contributed by atoms with Gasteiger partial charge in [-0.25, -0.2) is 17.6 Å². The first-order chi connectivity index (χ1) is 11.3. The number of carbonyl (C=O) groups excluding carboxylic acids is 1. The molecule has 0 spiro atoms. The van der Waals surface area contributed by atoms with E-state index in [1.54, 1.807) is 19.1 Å². The van der Waals surface area contributed by atoms with Gasteiger partial charge in [0.2, 0.25) is 5.91 Å². The Kier molecular flexibility index (Phi) is 5.58. The molecule has 2 atom stereocenters. The van der Waals surface area contributed by atoms with E-state index in [4.69, 9.17) is 0 Å². The molecular formula is C16H17F4N3O. The lowest BCUT2D eigenvalue weighted by Gasteiger charge is -2.19. The number of alkyl halides is 4. The number of carbonyl (C=O) groups is 1. The van der Waals surface area contributed by atoms with Crippen molar-refractivity contribution in [3.8, 4) is 0 Å². The van der Waals surface area contributed by atoms with Crippen molar-refractivity contribution in [2.45, 2.75) is 38.8 Å². The van der Waals surface area contributed by atoms with Crippen LogP contribution in [0.2, 0.25) is 0 Å². The molecule has 0 aliphatic rings. The van der Waals surface area contributed by atoms with Crippen molar-refractivity contribution in [1.29, 1.82) is 0 Å². The summed E-state index contributed by atoms with van der Waals surface area (Å²) in [4.78, 5) is 12.3. The van der Waals surface area contributed by atoms with Crippen molar-refractivity contribution in [3.63, 3.8) is 0 Å². The lowest BCUT2D eigenvalue weighted by Crippen LogP contribution is -2.34. The predicted molar refractivity (Wildman–Crippen MR) is 79.9 cm³/mol. The molecule has 1 heterocycles. The van der Waals surface area contributed by atoms with Crippen molar-refractivity contribution in [3.05, 3.63) is 53.3 Å². The number of hydrogen-bond donors (Lipinski definition) is 1. The SMILES string of the molecule is CC(NC(=O)C(C)n1nc(C(F)F)cc1C(F)F)c1ccccc1. The first-order valence-electron chi connectivity index (χ1n) is 7.32. The van der Waals surface area contributed by atoms with Gasteiger partial charge in [-0.15, -0.1) is 0 Å². The molecule has 2 rings (SSSR count). The Morgan fingerprint density at radius 1 is 1.08 bits per heavy atom. The highest BCUT2D eigenvalue weighted by Crippen LogP contribution is 2.27. The van der Waals surface area contributed by atoms with Gasteiger partial charge in [0.25, 0.3) is 12.9 Å². The molecule has 4 nitrogen and oxygen atoms in total. The normalized spacial score (nSPS) is 14.0. The lowest BCUT2D eigenvalue weighted by atomic mass is 10.1. The van der Waals surface area contributed by atoms with Crippen molar-refractivity contribution in [2.75, 3.05) is 0 Å². The van der Waals surface area contributed by atoms with Crippen molar-refractivity contribution in [2.24, 2.45) is 0 Å². The standard InChI is InChI=1S/C16H17F4N3O/c1-9(11-6-4-3-5-7-11)21-16(24)10(2)23-13(15(19)20)8-12(22-23)14(17)18/h3-10,14-15H,1-2H3,(H,21,24). The van der Waals surface area contributed by atoms with Crippen LogP contribution < -0.4 is 5.32 Å². The quantitative estimate of drug-likeness (QED) is 0.799. The van der Waals surface area contributed by atoms with Crippen molar-refractivity contribution in [1.82, 2.24) is 15.1 Å². The fourth-order valence-electron chi connectivity index (χ4n) is 2.28. The number of nitrogens with one attached hydrogen (secondary N) is 1. The first-order valence-corrected chi connectivity index (χ1v) is 7.32. The molecule has 1 amide bonds.